The molecule has 0 saturated carbocycles. The molecular formula is C24H27ClN4O2S. The van der Waals surface area contributed by atoms with Crippen molar-refractivity contribution in [1.82, 2.24) is 14.5 Å². The zero-order valence-electron chi connectivity index (χ0n) is 18.4. The van der Waals surface area contributed by atoms with Gasteiger partial charge in [-0.25, -0.2) is 9.97 Å². The van der Waals surface area contributed by atoms with E-state index in [1.54, 1.807) is 31.0 Å². The molecule has 0 unspecified atom stereocenters. The number of aryl methyl sites for hydroxylation is 3. The van der Waals surface area contributed by atoms with Crippen LogP contribution in [0.5, 0.6) is 5.75 Å². The van der Waals surface area contributed by atoms with Gasteiger partial charge in [0.05, 0.1) is 30.1 Å². The van der Waals surface area contributed by atoms with E-state index in [1.807, 2.05) is 39.9 Å². The van der Waals surface area contributed by atoms with Crippen molar-refractivity contribution in [1.29, 1.82) is 0 Å². The van der Waals surface area contributed by atoms with Crippen LogP contribution in [0.2, 0.25) is 0 Å². The van der Waals surface area contributed by atoms with Crippen LogP contribution in [0.1, 0.15) is 23.1 Å². The molecule has 4 aromatic rings. The molecule has 0 bridgehead atoms. The highest BCUT2D eigenvalue weighted by Gasteiger charge is 2.21. The molecule has 32 heavy (non-hydrogen) atoms. The fraction of sp³-hybridized carbons (Fsp3) is 0.292. The number of carbonyl (C=O) groups excluding carboxylic acids is 1. The van der Waals surface area contributed by atoms with Crippen LogP contribution in [0.15, 0.2) is 55.1 Å². The third-order valence-corrected chi connectivity index (χ3v) is 6.52. The van der Waals surface area contributed by atoms with Crippen molar-refractivity contribution >= 4 is 45.0 Å². The van der Waals surface area contributed by atoms with E-state index in [0.29, 0.717) is 13.0 Å². The lowest BCUT2D eigenvalue weighted by atomic mass is 10.1. The monoisotopic (exact) mass is 470 g/mol. The number of halogens is 1. The van der Waals surface area contributed by atoms with Crippen molar-refractivity contribution in [2.75, 3.05) is 18.6 Å². The molecule has 2 heterocycles. The minimum atomic E-state index is 0. The molecule has 2 aromatic heterocycles. The molecule has 2 aromatic carbocycles. The molecule has 0 N–H and O–H groups in total. The van der Waals surface area contributed by atoms with Gasteiger partial charge in [-0.05, 0) is 55.2 Å². The van der Waals surface area contributed by atoms with Crippen LogP contribution in [0.25, 0.3) is 10.2 Å². The predicted octanol–water partition coefficient (Wildman–Crippen LogP) is 5.21. The molecule has 0 aliphatic heterocycles. The van der Waals surface area contributed by atoms with Crippen molar-refractivity contribution in [3.63, 3.8) is 0 Å². The highest BCUT2D eigenvalue weighted by atomic mass is 35.5. The maximum atomic E-state index is 13.3. The van der Waals surface area contributed by atoms with Crippen LogP contribution in [-0.4, -0.2) is 34.1 Å². The summed E-state index contributed by atoms with van der Waals surface area (Å²) in [5.74, 6) is 0.828. The van der Waals surface area contributed by atoms with E-state index in [0.717, 1.165) is 39.6 Å². The smallest absolute Gasteiger partial charge is 0.233 e. The Balaban J connectivity index is 0.00000289. The number of hydrogen-bond donors (Lipinski definition) is 0. The molecule has 0 aliphatic rings. The van der Waals surface area contributed by atoms with Crippen LogP contribution in [0, 0.1) is 13.8 Å². The number of nitrogens with zero attached hydrogens (tertiary/aromatic N) is 4. The second kappa shape index (κ2) is 10.6. The molecule has 0 saturated heterocycles. The van der Waals surface area contributed by atoms with Gasteiger partial charge in [0, 0.05) is 25.5 Å². The molecule has 4 rings (SSSR count). The highest BCUT2D eigenvalue weighted by Crippen LogP contribution is 2.32. The SMILES string of the molecule is COc1ccc(CC(=O)N(CCCn2ccnc2)c2nc3c(C)c(C)ccc3s2)cc1.Cl. The Kier molecular flexibility index (Phi) is 7.88. The summed E-state index contributed by atoms with van der Waals surface area (Å²) in [6, 6.07) is 11.9. The molecular weight excluding hydrogens is 444 g/mol. The molecule has 8 heteroatoms. The number of aromatic nitrogens is 3. The standard InChI is InChI=1S/C24H26N4O2S.ClH/c1-17-5-10-21-23(18(17)2)26-24(31-21)28(13-4-12-27-14-11-25-16-27)22(29)15-19-6-8-20(30-3)9-7-19;/h5-11,14,16H,4,12-13,15H2,1-3H3;1H. The maximum Gasteiger partial charge on any atom is 0.233 e. The first-order chi connectivity index (χ1) is 15.0. The molecule has 0 fully saturated rings. The molecule has 0 atom stereocenters. The number of fused-ring (bicyclic) bond motifs is 1. The molecule has 0 spiro atoms. The third-order valence-electron chi connectivity index (χ3n) is 5.48. The van der Waals surface area contributed by atoms with E-state index in [9.17, 15) is 4.79 Å². The summed E-state index contributed by atoms with van der Waals surface area (Å²) in [5.41, 5.74) is 4.32. The molecule has 0 radical (unpaired) electrons. The topological polar surface area (TPSA) is 60.2 Å². The number of hydrogen-bond acceptors (Lipinski definition) is 5. The third kappa shape index (κ3) is 5.29. The fourth-order valence-corrected chi connectivity index (χ4v) is 4.57. The summed E-state index contributed by atoms with van der Waals surface area (Å²) in [5, 5.41) is 0.757. The Morgan fingerprint density at radius 2 is 1.94 bits per heavy atom. The van der Waals surface area contributed by atoms with Crippen LogP contribution >= 0.6 is 23.7 Å². The number of anilines is 1. The predicted molar refractivity (Wildman–Crippen MR) is 132 cm³/mol. The van der Waals surface area contributed by atoms with Gasteiger partial charge < -0.3 is 9.30 Å². The number of thiazole rings is 1. The van der Waals surface area contributed by atoms with E-state index in [2.05, 4.69) is 31.0 Å². The van der Waals surface area contributed by atoms with Gasteiger partial charge in [0.1, 0.15) is 5.75 Å². The number of amides is 1. The number of imidazole rings is 1. The van der Waals surface area contributed by atoms with Gasteiger partial charge in [-0.1, -0.05) is 29.5 Å². The van der Waals surface area contributed by atoms with Crippen molar-refractivity contribution in [2.45, 2.75) is 33.2 Å². The lowest BCUT2D eigenvalue weighted by Crippen LogP contribution is -2.33. The number of carbonyl (C=O) groups is 1. The maximum absolute atomic E-state index is 13.3. The number of ether oxygens (including phenoxy) is 1. The molecule has 6 nitrogen and oxygen atoms in total. The first-order valence-electron chi connectivity index (χ1n) is 10.3. The van der Waals surface area contributed by atoms with Crippen molar-refractivity contribution in [3.05, 3.63) is 71.8 Å². The quantitative estimate of drug-likeness (QED) is 0.355. The first kappa shape index (κ1) is 23.8. The highest BCUT2D eigenvalue weighted by molar-refractivity contribution is 7.22. The van der Waals surface area contributed by atoms with E-state index in [4.69, 9.17) is 9.72 Å². The summed E-state index contributed by atoms with van der Waals surface area (Å²) in [4.78, 5) is 24.1. The summed E-state index contributed by atoms with van der Waals surface area (Å²) >= 11 is 1.58. The lowest BCUT2D eigenvalue weighted by molar-refractivity contribution is -0.118. The van der Waals surface area contributed by atoms with Crippen LogP contribution in [0.3, 0.4) is 0 Å². The van der Waals surface area contributed by atoms with Gasteiger partial charge in [0.25, 0.3) is 0 Å². The lowest BCUT2D eigenvalue weighted by Gasteiger charge is -2.20. The molecule has 0 aliphatic carbocycles. The largest absolute Gasteiger partial charge is 0.497 e. The number of rotatable bonds is 8. The fourth-order valence-electron chi connectivity index (χ4n) is 3.50. The molecule has 168 valence electrons. The van der Waals surface area contributed by atoms with Crippen molar-refractivity contribution in [3.8, 4) is 5.75 Å². The minimum absolute atomic E-state index is 0. The van der Waals surface area contributed by atoms with Gasteiger partial charge in [0.15, 0.2) is 5.13 Å². The van der Waals surface area contributed by atoms with E-state index in [-0.39, 0.29) is 18.3 Å². The second-order valence-corrected chi connectivity index (χ2v) is 8.58. The number of methoxy groups -OCH3 is 1. The van der Waals surface area contributed by atoms with Gasteiger partial charge >= 0.3 is 0 Å². The number of benzene rings is 2. The zero-order chi connectivity index (χ0) is 21.8. The minimum Gasteiger partial charge on any atom is -0.497 e. The van der Waals surface area contributed by atoms with Crippen LogP contribution in [0.4, 0.5) is 5.13 Å². The first-order valence-corrected chi connectivity index (χ1v) is 11.1. The van der Waals surface area contributed by atoms with Gasteiger partial charge in [-0.2, -0.15) is 0 Å². The Labute approximate surface area is 198 Å². The van der Waals surface area contributed by atoms with Crippen molar-refractivity contribution < 1.29 is 9.53 Å². The second-order valence-electron chi connectivity index (χ2n) is 7.57. The average Bonchev–Trinajstić information content (AvgIpc) is 3.44. The van der Waals surface area contributed by atoms with E-state index >= 15 is 0 Å². The Bertz CT molecular complexity index is 1170. The summed E-state index contributed by atoms with van der Waals surface area (Å²) in [6.45, 7) is 5.58. The average molecular weight is 471 g/mol. The Morgan fingerprint density at radius 3 is 2.62 bits per heavy atom. The normalized spacial score (nSPS) is 10.7. The summed E-state index contributed by atoms with van der Waals surface area (Å²) in [6.07, 6.45) is 6.65. The summed E-state index contributed by atoms with van der Waals surface area (Å²) in [7, 11) is 1.64. The Hall–Kier alpha value is -2.90. The van der Waals surface area contributed by atoms with Crippen LogP contribution < -0.4 is 9.64 Å². The van der Waals surface area contributed by atoms with Gasteiger partial charge in [-0.3, -0.25) is 9.69 Å². The van der Waals surface area contributed by atoms with Gasteiger partial charge in [0.2, 0.25) is 5.91 Å². The Morgan fingerprint density at radius 1 is 1.16 bits per heavy atom. The zero-order valence-corrected chi connectivity index (χ0v) is 20.1. The summed E-state index contributed by atoms with van der Waals surface area (Å²) < 4.78 is 8.36. The van der Waals surface area contributed by atoms with Crippen molar-refractivity contribution in [2.24, 2.45) is 0 Å². The molecule has 1 amide bonds. The van der Waals surface area contributed by atoms with E-state index < -0.39 is 0 Å². The van der Waals surface area contributed by atoms with Gasteiger partial charge in [-0.15, -0.1) is 12.4 Å². The van der Waals surface area contributed by atoms with E-state index in [1.165, 1.54) is 11.1 Å². The van der Waals surface area contributed by atoms with Crippen LogP contribution in [-0.2, 0) is 17.8 Å².